The molecule has 2 aromatic carbocycles. The fraction of sp³-hybridized carbons (Fsp3) is 0.300. The third-order valence-corrected chi connectivity index (χ3v) is 4.39. The van der Waals surface area contributed by atoms with Crippen LogP contribution < -0.4 is 10.2 Å². The zero-order chi connectivity index (χ0) is 20.1. The normalized spacial score (nSPS) is 14.3. The Hall–Kier alpha value is -3.00. The van der Waals surface area contributed by atoms with E-state index in [1.807, 2.05) is 0 Å². The fourth-order valence-corrected chi connectivity index (χ4v) is 3.11. The number of benzene rings is 2. The van der Waals surface area contributed by atoms with Crippen LogP contribution in [-0.4, -0.2) is 43.6 Å². The van der Waals surface area contributed by atoms with Gasteiger partial charge in [0, 0.05) is 38.1 Å². The number of hydrogen-bond acceptors (Lipinski definition) is 3. The van der Waals surface area contributed by atoms with Gasteiger partial charge in [0.1, 0.15) is 6.61 Å². The summed E-state index contributed by atoms with van der Waals surface area (Å²) in [7, 11) is 1.43. The maximum atomic E-state index is 13.4. The van der Waals surface area contributed by atoms with Crippen LogP contribution in [0.5, 0.6) is 0 Å². The SMILES string of the molecule is COCC(=O)Nc1cccc(N2CCCN(Cc3ccc(F)c(F)c3)C2=O)c1. The van der Waals surface area contributed by atoms with Crippen molar-refractivity contribution in [3.63, 3.8) is 0 Å². The molecule has 1 fully saturated rings. The Morgan fingerprint density at radius 3 is 2.71 bits per heavy atom. The molecule has 28 heavy (non-hydrogen) atoms. The van der Waals surface area contributed by atoms with E-state index in [1.165, 1.54) is 13.2 Å². The van der Waals surface area contributed by atoms with Gasteiger partial charge in [-0.05, 0) is 42.3 Å². The van der Waals surface area contributed by atoms with Crippen molar-refractivity contribution in [1.29, 1.82) is 0 Å². The van der Waals surface area contributed by atoms with Gasteiger partial charge in [-0.1, -0.05) is 12.1 Å². The maximum Gasteiger partial charge on any atom is 0.324 e. The highest BCUT2D eigenvalue weighted by Gasteiger charge is 2.27. The highest BCUT2D eigenvalue weighted by molar-refractivity contribution is 5.95. The van der Waals surface area contributed by atoms with Crippen molar-refractivity contribution in [2.75, 3.05) is 37.0 Å². The number of rotatable bonds is 6. The molecule has 0 spiro atoms. The Labute approximate surface area is 161 Å². The predicted octanol–water partition coefficient (Wildman–Crippen LogP) is 3.38. The van der Waals surface area contributed by atoms with Crippen LogP contribution in [0.3, 0.4) is 0 Å². The summed E-state index contributed by atoms with van der Waals surface area (Å²) in [5.74, 6) is -2.13. The van der Waals surface area contributed by atoms with Gasteiger partial charge in [0.05, 0.1) is 0 Å². The first kappa shape index (κ1) is 19.8. The van der Waals surface area contributed by atoms with Gasteiger partial charge in [-0.15, -0.1) is 0 Å². The molecule has 8 heteroatoms. The molecule has 1 saturated heterocycles. The lowest BCUT2D eigenvalue weighted by Crippen LogP contribution is -2.49. The van der Waals surface area contributed by atoms with E-state index in [1.54, 1.807) is 34.1 Å². The molecule has 1 N–H and O–H groups in total. The van der Waals surface area contributed by atoms with E-state index in [0.717, 1.165) is 18.6 Å². The number of urea groups is 1. The lowest BCUT2D eigenvalue weighted by molar-refractivity contribution is -0.119. The number of nitrogens with one attached hydrogen (secondary N) is 1. The predicted molar refractivity (Wildman–Crippen MR) is 101 cm³/mol. The number of hydrogen-bond donors (Lipinski definition) is 1. The standard InChI is InChI=1S/C20H21F2N3O3/c1-28-13-19(26)23-15-4-2-5-16(11-15)25-9-3-8-24(20(25)27)12-14-6-7-17(21)18(22)10-14/h2,4-7,10-11H,3,8-9,12-13H2,1H3,(H,23,26). The summed E-state index contributed by atoms with van der Waals surface area (Å²) in [6, 6.07) is 10.4. The van der Waals surface area contributed by atoms with Crippen molar-refractivity contribution in [2.45, 2.75) is 13.0 Å². The Balaban J connectivity index is 1.73. The third-order valence-electron chi connectivity index (χ3n) is 4.39. The molecular formula is C20H21F2N3O3. The first-order chi connectivity index (χ1) is 13.5. The van der Waals surface area contributed by atoms with Gasteiger partial charge >= 0.3 is 6.03 Å². The van der Waals surface area contributed by atoms with E-state index in [9.17, 15) is 18.4 Å². The summed E-state index contributed by atoms with van der Waals surface area (Å²) in [4.78, 5) is 27.8. The second-order valence-corrected chi connectivity index (χ2v) is 6.49. The van der Waals surface area contributed by atoms with Crippen molar-refractivity contribution in [1.82, 2.24) is 4.90 Å². The summed E-state index contributed by atoms with van der Waals surface area (Å²) in [5, 5.41) is 2.71. The van der Waals surface area contributed by atoms with E-state index >= 15 is 0 Å². The monoisotopic (exact) mass is 389 g/mol. The Kier molecular flexibility index (Phi) is 6.20. The molecule has 3 amide bonds. The van der Waals surface area contributed by atoms with Crippen molar-refractivity contribution in [2.24, 2.45) is 0 Å². The minimum Gasteiger partial charge on any atom is -0.375 e. The van der Waals surface area contributed by atoms with Crippen LogP contribution in [0.15, 0.2) is 42.5 Å². The first-order valence-corrected chi connectivity index (χ1v) is 8.87. The van der Waals surface area contributed by atoms with Crippen LogP contribution in [0, 0.1) is 11.6 Å². The molecule has 0 radical (unpaired) electrons. The van der Waals surface area contributed by atoms with Crippen LogP contribution in [-0.2, 0) is 16.1 Å². The molecule has 0 saturated carbocycles. The summed E-state index contributed by atoms with van der Waals surface area (Å²) in [5.41, 5.74) is 1.73. The number of anilines is 2. The summed E-state index contributed by atoms with van der Waals surface area (Å²) in [6.45, 7) is 1.19. The topological polar surface area (TPSA) is 61.9 Å². The van der Waals surface area contributed by atoms with Crippen LogP contribution in [0.25, 0.3) is 0 Å². The number of amides is 3. The highest BCUT2D eigenvalue weighted by Crippen LogP contribution is 2.24. The molecule has 1 aliphatic heterocycles. The summed E-state index contributed by atoms with van der Waals surface area (Å²) in [6.07, 6.45) is 0.732. The molecule has 0 atom stereocenters. The molecule has 2 aromatic rings. The molecular weight excluding hydrogens is 368 g/mol. The first-order valence-electron chi connectivity index (χ1n) is 8.87. The molecule has 148 valence electrons. The summed E-state index contributed by atoms with van der Waals surface area (Å²) >= 11 is 0. The average Bonchev–Trinajstić information content (AvgIpc) is 2.67. The lowest BCUT2D eigenvalue weighted by Gasteiger charge is -2.36. The van der Waals surface area contributed by atoms with Gasteiger partial charge in [-0.25, -0.2) is 13.6 Å². The minimum absolute atomic E-state index is 0.0606. The van der Waals surface area contributed by atoms with Crippen molar-refractivity contribution < 1.29 is 23.1 Å². The number of carbonyl (C=O) groups excluding carboxylic acids is 2. The molecule has 0 bridgehead atoms. The molecule has 3 rings (SSSR count). The molecule has 6 nitrogen and oxygen atoms in total. The number of nitrogens with zero attached hydrogens (tertiary/aromatic N) is 2. The Morgan fingerprint density at radius 2 is 1.96 bits per heavy atom. The van der Waals surface area contributed by atoms with E-state index < -0.39 is 11.6 Å². The smallest absolute Gasteiger partial charge is 0.324 e. The van der Waals surface area contributed by atoms with E-state index in [-0.39, 0.29) is 25.1 Å². The van der Waals surface area contributed by atoms with Crippen molar-refractivity contribution in [3.8, 4) is 0 Å². The summed E-state index contributed by atoms with van der Waals surface area (Å²) < 4.78 is 31.3. The van der Waals surface area contributed by atoms with E-state index in [4.69, 9.17) is 4.74 Å². The Bertz CT molecular complexity index is 876. The lowest BCUT2D eigenvalue weighted by atomic mass is 10.1. The zero-order valence-corrected chi connectivity index (χ0v) is 15.5. The quantitative estimate of drug-likeness (QED) is 0.824. The maximum absolute atomic E-state index is 13.4. The third kappa shape index (κ3) is 4.64. The number of methoxy groups -OCH3 is 1. The number of ether oxygens (including phenoxy) is 1. The molecule has 1 heterocycles. The second-order valence-electron chi connectivity index (χ2n) is 6.49. The van der Waals surface area contributed by atoms with Gasteiger partial charge in [-0.3, -0.25) is 9.69 Å². The highest BCUT2D eigenvalue weighted by atomic mass is 19.2. The molecule has 0 aromatic heterocycles. The Morgan fingerprint density at radius 1 is 1.14 bits per heavy atom. The van der Waals surface area contributed by atoms with Gasteiger partial charge in [0.15, 0.2) is 11.6 Å². The van der Waals surface area contributed by atoms with Crippen LogP contribution in [0.2, 0.25) is 0 Å². The van der Waals surface area contributed by atoms with E-state index in [0.29, 0.717) is 30.0 Å². The zero-order valence-electron chi connectivity index (χ0n) is 15.5. The van der Waals surface area contributed by atoms with Crippen LogP contribution in [0.1, 0.15) is 12.0 Å². The van der Waals surface area contributed by atoms with Crippen molar-refractivity contribution >= 4 is 23.3 Å². The molecule has 1 aliphatic rings. The van der Waals surface area contributed by atoms with Gasteiger partial charge < -0.3 is 15.0 Å². The van der Waals surface area contributed by atoms with Gasteiger partial charge in [0.25, 0.3) is 0 Å². The van der Waals surface area contributed by atoms with Gasteiger partial charge in [-0.2, -0.15) is 0 Å². The number of carbonyl (C=O) groups is 2. The average molecular weight is 389 g/mol. The van der Waals surface area contributed by atoms with Crippen LogP contribution >= 0.6 is 0 Å². The fourth-order valence-electron chi connectivity index (χ4n) is 3.11. The van der Waals surface area contributed by atoms with Crippen molar-refractivity contribution in [3.05, 3.63) is 59.7 Å². The molecule has 0 unspecified atom stereocenters. The molecule has 0 aliphatic carbocycles. The minimum atomic E-state index is -0.932. The number of halogens is 2. The largest absolute Gasteiger partial charge is 0.375 e. The van der Waals surface area contributed by atoms with E-state index in [2.05, 4.69) is 5.32 Å². The van der Waals surface area contributed by atoms with Gasteiger partial charge in [0.2, 0.25) is 5.91 Å². The second kappa shape index (κ2) is 8.79. The van der Waals surface area contributed by atoms with Crippen LogP contribution in [0.4, 0.5) is 25.0 Å².